The first kappa shape index (κ1) is 11.6. The Morgan fingerprint density at radius 3 is 2.13 bits per heavy atom. The van der Waals surface area contributed by atoms with Crippen LogP contribution in [-0.2, 0) is 6.18 Å². The fourth-order valence-corrected chi connectivity index (χ4v) is 1.07. The van der Waals surface area contributed by atoms with E-state index in [1.807, 2.05) is 0 Å². The number of hydrogen-bond acceptors (Lipinski definition) is 1. The first-order chi connectivity index (χ1) is 6.95. The van der Waals surface area contributed by atoms with E-state index in [4.69, 9.17) is 0 Å². The van der Waals surface area contributed by atoms with Crippen LogP contribution in [-0.4, -0.2) is 5.11 Å². The summed E-state index contributed by atoms with van der Waals surface area (Å²) in [6.45, 7) is 1.55. The number of benzene rings is 1. The molecule has 1 aromatic carbocycles. The molecular weight excluding hydrogens is 205 g/mol. The Morgan fingerprint density at radius 1 is 1.20 bits per heavy atom. The molecule has 80 valence electrons. The standard InChI is InChI=1S/C11H9F3O/c1-2-3-10(15)8-4-6-9(7-5-8)11(12,13)14/h4-7,10,15H,1H3. The van der Waals surface area contributed by atoms with Gasteiger partial charge in [0.15, 0.2) is 0 Å². The highest BCUT2D eigenvalue weighted by Gasteiger charge is 2.30. The van der Waals surface area contributed by atoms with Crippen LogP contribution in [0.25, 0.3) is 0 Å². The molecule has 1 nitrogen and oxygen atoms in total. The van der Waals surface area contributed by atoms with Crippen molar-refractivity contribution in [1.82, 2.24) is 0 Å². The third-order valence-electron chi connectivity index (χ3n) is 1.83. The van der Waals surface area contributed by atoms with E-state index in [0.717, 1.165) is 12.1 Å². The van der Waals surface area contributed by atoms with E-state index >= 15 is 0 Å². The number of halogens is 3. The van der Waals surface area contributed by atoms with E-state index in [1.54, 1.807) is 6.92 Å². The van der Waals surface area contributed by atoms with Crippen LogP contribution in [0.1, 0.15) is 24.2 Å². The van der Waals surface area contributed by atoms with Crippen molar-refractivity contribution in [2.75, 3.05) is 0 Å². The molecule has 0 radical (unpaired) electrons. The van der Waals surface area contributed by atoms with Crippen molar-refractivity contribution in [3.8, 4) is 11.8 Å². The lowest BCUT2D eigenvalue weighted by atomic mass is 10.1. The van der Waals surface area contributed by atoms with Gasteiger partial charge in [0.2, 0.25) is 0 Å². The molecule has 0 spiro atoms. The lowest BCUT2D eigenvalue weighted by molar-refractivity contribution is -0.137. The van der Waals surface area contributed by atoms with E-state index < -0.39 is 17.8 Å². The predicted molar refractivity (Wildman–Crippen MR) is 49.9 cm³/mol. The molecule has 1 rings (SSSR count). The zero-order valence-electron chi connectivity index (χ0n) is 7.97. The molecular formula is C11H9F3O. The highest BCUT2D eigenvalue weighted by molar-refractivity contribution is 5.29. The third-order valence-corrected chi connectivity index (χ3v) is 1.83. The number of aliphatic hydroxyl groups excluding tert-OH is 1. The molecule has 1 atom stereocenters. The van der Waals surface area contributed by atoms with Gasteiger partial charge in [0.05, 0.1) is 5.56 Å². The van der Waals surface area contributed by atoms with Crippen LogP contribution in [0, 0.1) is 11.8 Å². The van der Waals surface area contributed by atoms with Crippen LogP contribution < -0.4 is 0 Å². The van der Waals surface area contributed by atoms with E-state index in [0.29, 0.717) is 5.56 Å². The average molecular weight is 214 g/mol. The van der Waals surface area contributed by atoms with Gasteiger partial charge >= 0.3 is 6.18 Å². The summed E-state index contributed by atoms with van der Waals surface area (Å²) in [5, 5.41) is 9.36. The largest absolute Gasteiger partial charge is 0.416 e. The van der Waals surface area contributed by atoms with Gasteiger partial charge in [-0.2, -0.15) is 13.2 Å². The molecule has 0 aliphatic carbocycles. The minimum Gasteiger partial charge on any atom is -0.376 e. The van der Waals surface area contributed by atoms with Crippen molar-refractivity contribution < 1.29 is 18.3 Å². The SMILES string of the molecule is CC#CC(O)c1ccc(C(F)(F)F)cc1. The first-order valence-corrected chi connectivity index (χ1v) is 4.22. The van der Waals surface area contributed by atoms with Crippen LogP contribution in [0.3, 0.4) is 0 Å². The summed E-state index contributed by atoms with van der Waals surface area (Å²) in [4.78, 5) is 0. The van der Waals surface area contributed by atoms with Gasteiger partial charge < -0.3 is 5.11 Å². The Hall–Kier alpha value is -1.47. The monoisotopic (exact) mass is 214 g/mol. The van der Waals surface area contributed by atoms with Crippen LogP contribution in [0.15, 0.2) is 24.3 Å². The van der Waals surface area contributed by atoms with Crippen molar-refractivity contribution in [3.05, 3.63) is 35.4 Å². The quantitative estimate of drug-likeness (QED) is 0.712. The fourth-order valence-electron chi connectivity index (χ4n) is 1.07. The van der Waals surface area contributed by atoms with Crippen molar-refractivity contribution in [1.29, 1.82) is 0 Å². The second-order valence-corrected chi connectivity index (χ2v) is 2.92. The maximum Gasteiger partial charge on any atom is 0.416 e. The van der Waals surface area contributed by atoms with Crippen molar-refractivity contribution in [3.63, 3.8) is 0 Å². The topological polar surface area (TPSA) is 20.2 Å². The molecule has 1 unspecified atom stereocenters. The maximum absolute atomic E-state index is 12.2. The van der Waals surface area contributed by atoms with Gasteiger partial charge in [0.1, 0.15) is 6.10 Å². The summed E-state index contributed by atoms with van der Waals surface area (Å²) >= 11 is 0. The summed E-state index contributed by atoms with van der Waals surface area (Å²) < 4.78 is 36.5. The molecule has 0 aliphatic heterocycles. The van der Waals surface area contributed by atoms with E-state index in [2.05, 4.69) is 11.8 Å². The predicted octanol–water partition coefficient (Wildman–Crippen LogP) is 2.76. The Morgan fingerprint density at radius 2 is 1.73 bits per heavy atom. The molecule has 1 aromatic rings. The van der Waals surface area contributed by atoms with Crippen LogP contribution >= 0.6 is 0 Å². The van der Waals surface area contributed by atoms with Crippen molar-refractivity contribution in [2.45, 2.75) is 19.2 Å². The van der Waals surface area contributed by atoms with E-state index in [1.165, 1.54) is 12.1 Å². The molecule has 0 saturated heterocycles. The van der Waals surface area contributed by atoms with Crippen LogP contribution in [0.2, 0.25) is 0 Å². The summed E-state index contributed by atoms with van der Waals surface area (Å²) in [5.41, 5.74) is -0.375. The highest BCUT2D eigenvalue weighted by Crippen LogP contribution is 2.29. The molecule has 4 heteroatoms. The van der Waals surface area contributed by atoms with Gasteiger partial charge in [-0.1, -0.05) is 18.1 Å². The van der Waals surface area contributed by atoms with Crippen molar-refractivity contribution >= 4 is 0 Å². The molecule has 0 heterocycles. The van der Waals surface area contributed by atoms with E-state index in [-0.39, 0.29) is 0 Å². The smallest absolute Gasteiger partial charge is 0.376 e. The van der Waals surface area contributed by atoms with Gasteiger partial charge in [-0.25, -0.2) is 0 Å². The Bertz CT molecular complexity index is 381. The Labute approximate surface area is 85.5 Å². The lowest BCUT2D eigenvalue weighted by Crippen LogP contribution is -2.05. The first-order valence-electron chi connectivity index (χ1n) is 4.22. The molecule has 0 saturated carbocycles. The molecule has 0 fully saturated rings. The van der Waals surface area contributed by atoms with E-state index in [9.17, 15) is 18.3 Å². The Balaban J connectivity index is 2.93. The zero-order valence-corrected chi connectivity index (χ0v) is 7.97. The molecule has 15 heavy (non-hydrogen) atoms. The molecule has 1 N–H and O–H groups in total. The average Bonchev–Trinajstić information content (AvgIpc) is 2.17. The molecule has 0 aromatic heterocycles. The van der Waals surface area contributed by atoms with Gasteiger partial charge in [-0.15, -0.1) is 5.92 Å². The highest BCUT2D eigenvalue weighted by atomic mass is 19.4. The van der Waals surface area contributed by atoms with Crippen LogP contribution in [0.4, 0.5) is 13.2 Å². The van der Waals surface area contributed by atoms with Gasteiger partial charge in [0, 0.05) is 0 Å². The van der Waals surface area contributed by atoms with Crippen LogP contribution in [0.5, 0.6) is 0 Å². The molecule has 0 bridgehead atoms. The third kappa shape index (κ3) is 3.00. The zero-order chi connectivity index (χ0) is 11.5. The van der Waals surface area contributed by atoms with Gasteiger partial charge in [-0.05, 0) is 24.6 Å². The summed E-state index contributed by atoms with van der Waals surface area (Å²) in [6.07, 6.45) is -5.38. The normalized spacial score (nSPS) is 12.9. The molecule has 0 aliphatic rings. The number of rotatable bonds is 1. The summed E-state index contributed by atoms with van der Waals surface area (Å²) in [6, 6.07) is 4.29. The summed E-state index contributed by atoms with van der Waals surface area (Å²) in [5.74, 6) is 4.93. The minimum absolute atomic E-state index is 0.359. The molecule has 0 amide bonds. The number of aliphatic hydroxyl groups is 1. The number of alkyl halides is 3. The fraction of sp³-hybridized carbons (Fsp3) is 0.273. The Kier molecular flexibility index (Phi) is 3.38. The minimum atomic E-state index is -4.35. The van der Waals surface area contributed by atoms with Gasteiger partial charge in [-0.3, -0.25) is 0 Å². The second-order valence-electron chi connectivity index (χ2n) is 2.92. The van der Waals surface area contributed by atoms with Crippen molar-refractivity contribution in [2.24, 2.45) is 0 Å². The lowest BCUT2D eigenvalue weighted by Gasteiger charge is -2.08. The maximum atomic E-state index is 12.2. The number of hydrogen-bond donors (Lipinski definition) is 1. The second kappa shape index (κ2) is 4.37. The summed E-state index contributed by atoms with van der Waals surface area (Å²) in [7, 11) is 0. The van der Waals surface area contributed by atoms with Gasteiger partial charge in [0.25, 0.3) is 0 Å².